The molecule has 0 aliphatic rings. The van der Waals surface area contributed by atoms with Crippen molar-refractivity contribution in [3.63, 3.8) is 0 Å². The van der Waals surface area contributed by atoms with Crippen LogP contribution >= 0.6 is 12.2 Å². The Bertz CT molecular complexity index is 1120. The van der Waals surface area contributed by atoms with Gasteiger partial charge in [-0.2, -0.15) is 0 Å². The molecule has 1 heterocycles. The summed E-state index contributed by atoms with van der Waals surface area (Å²) < 4.78 is 12.6. The van der Waals surface area contributed by atoms with Crippen LogP contribution in [0.1, 0.15) is 25.5 Å². The molecule has 0 spiro atoms. The standard InChI is InChI=1S/C23H27N3O4S/c1-3-29-20(30-4-2)15-24-21(27)19(14-16-10-6-5-7-11-16)26-22(28)17-12-8-9-13-18(17)25-23(26)31/h5-13,19-20H,3-4,14-15H2,1-2H3,(H,24,27)(H,25,31)/t19-/m1/s1. The molecular weight excluding hydrogens is 414 g/mol. The van der Waals surface area contributed by atoms with Crippen molar-refractivity contribution in [1.82, 2.24) is 14.9 Å². The molecule has 8 heteroatoms. The zero-order chi connectivity index (χ0) is 22.2. The number of fused-ring (bicyclic) bond motifs is 1. The molecule has 1 amide bonds. The van der Waals surface area contributed by atoms with Gasteiger partial charge in [0, 0.05) is 19.6 Å². The number of amides is 1. The molecule has 164 valence electrons. The number of ether oxygens (including phenoxy) is 2. The van der Waals surface area contributed by atoms with Crippen LogP contribution in [0.5, 0.6) is 0 Å². The molecule has 7 nitrogen and oxygen atoms in total. The van der Waals surface area contributed by atoms with Crippen LogP contribution in [0.25, 0.3) is 10.9 Å². The molecule has 0 saturated carbocycles. The van der Waals surface area contributed by atoms with Gasteiger partial charge in [0.2, 0.25) is 5.91 Å². The second-order valence-electron chi connectivity index (χ2n) is 6.94. The lowest BCUT2D eigenvalue weighted by Gasteiger charge is -2.22. The van der Waals surface area contributed by atoms with E-state index in [9.17, 15) is 9.59 Å². The van der Waals surface area contributed by atoms with E-state index in [0.717, 1.165) is 5.56 Å². The molecule has 0 aliphatic carbocycles. The molecule has 0 fully saturated rings. The first-order valence-corrected chi connectivity index (χ1v) is 10.7. The van der Waals surface area contributed by atoms with Gasteiger partial charge in [-0.1, -0.05) is 42.5 Å². The lowest BCUT2D eigenvalue weighted by Crippen LogP contribution is -2.42. The van der Waals surface area contributed by atoms with Gasteiger partial charge in [-0.3, -0.25) is 14.2 Å². The third-order valence-corrected chi connectivity index (χ3v) is 5.17. The number of nitrogens with zero attached hydrogens (tertiary/aromatic N) is 1. The first-order chi connectivity index (χ1) is 15.0. The van der Waals surface area contributed by atoms with Crippen molar-refractivity contribution in [3.8, 4) is 0 Å². The molecule has 3 aromatic rings. The molecule has 0 unspecified atom stereocenters. The summed E-state index contributed by atoms with van der Waals surface area (Å²) in [6.07, 6.45) is -0.240. The number of hydrogen-bond donors (Lipinski definition) is 2. The highest BCUT2D eigenvalue weighted by atomic mass is 32.1. The minimum absolute atomic E-state index is 0.171. The molecule has 2 N–H and O–H groups in total. The number of carbonyl (C=O) groups is 1. The van der Waals surface area contributed by atoms with Crippen LogP contribution in [0.15, 0.2) is 59.4 Å². The fourth-order valence-electron chi connectivity index (χ4n) is 3.44. The smallest absolute Gasteiger partial charge is 0.262 e. The fourth-order valence-corrected chi connectivity index (χ4v) is 3.76. The van der Waals surface area contributed by atoms with E-state index in [2.05, 4.69) is 10.3 Å². The predicted molar refractivity (Wildman–Crippen MR) is 123 cm³/mol. The number of carbonyl (C=O) groups excluding carboxylic acids is 1. The Morgan fingerprint density at radius 1 is 1.06 bits per heavy atom. The summed E-state index contributed by atoms with van der Waals surface area (Å²) in [5.41, 5.74) is 1.25. The molecule has 0 bridgehead atoms. The van der Waals surface area contributed by atoms with Crippen LogP contribution in [-0.4, -0.2) is 41.5 Å². The van der Waals surface area contributed by atoms with Gasteiger partial charge in [0.25, 0.3) is 5.56 Å². The summed E-state index contributed by atoms with van der Waals surface area (Å²) in [4.78, 5) is 29.6. The maximum Gasteiger partial charge on any atom is 0.262 e. The zero-order valence-corrected chi connectivity index (χ0v) is 18.5. The van der Waals surface area contributed by atoms with Crippen LogP contribution in [-0.2, 0) is 20.7 Å². The number of benzene rings is 2. The minimum Gasteiger partial charge on any atom is -0.351 e. The Hall–Kier alpha value is -2.81. The number of hydrogen-bond acceptors (Lipinski definition) is 5. The van der Waals surface area contributed by atoms with Gasteiger partial charge < -0.3 is 19.8 Å². The summed E-state index contributed by atoms with van der Waals surface area (Å²) >= 11 is 5.48. The molecule has 0 radical (unpaired) electrons. The SMILES string of the molecule is CCOC(CNC(=O)[C@@H](Cc1ccccc1)n1c(=S)[nH]c2ccccc2c1=O)OCC. The zero-order valence-electron chi connectivity index (χ0n) is 17.7. The van der Waals surface area contributed by atoms with Crippen molar-refractivity contribution in [2.75, 3.05) is 19.8 Å². The predicted octanol–water partition coefficient (Wildman–Crippen LogP) is 3.36. The fraction of sp³-hybridized carbons (Fsp3) is 0.348. The lowest BCUT2D eigenvalue weighted by molar-refractivity contribution is -0.142. The second kappa shape index (κ2) is 11.0. The van der Waals surface area contributed by atoms with Gasteiger partial charge >= 0.3 is 0 Å². The molecule has 3 rings (SSSR count). The van der Waals surface area contributed by atoms with E-state index in [0.29, 0.717) is 30.5 Å². The van der Waals surface area contributed by atoms with E-state index in [4.69, 9.17) is 21.7 Å². The van der Waals surface area contributed by atoms with E-state index in [-0.39, 0.29) is 22.8 Å². The molecule has 1 atom stereocenters. The number of para-hydroxylation sites is 1. The monoisotopic (exact) mass is 441 g/mol. The average Bonchev–Trinajstić information content (AvgIpc) is 2.77. The van der Waals surface area contributed by atoms with Gasteiger partial charge in [-0.25, -0.2) is 0 Å². The highest BCUT2D eigenvalue weighted by Crippen LogP contribution is 2.16. The maximum absolute atomic E-state index is 13.3. The van der Waals surface area contributed by atoms with Crippen LogP contribution in [0, 0.1) is 4.77 Å². The number of nitrogens with one attached hydrogen (secondary N) is 2. The van der Waals surface area contributed by atoms with Crippen LogP contribution in [0.3, 0.4) is 0 Å². The Balaban J connectivity index is 1.97. The summed E-state index contributed by atoms with van der Waals surface area (Å²) in [6, 6.07) is 15.8. The second-order valence-corrected chi connectivity index (χ2v) is 7.33. The summed E-state index contributed by atoms with van der Waals surface area (Å²) in [5, 5.41) is 3.34. The quantitative estimate of drug-likeness (QED) is 0.372. The van der Waals surface area contributed by atoms with Crippen LogP contribution in [0.4, 0.5) is 0 Å². The number of aromatic amines is 1. The first kappa shape index (κ1) is 22.9. The van der Waals surface area contributed by atoms with Crippen molar-refractivity contribution in [2.45, 2.75) is 32.6 Å². The molecule has 2 aromatic carbocycles. The van der Waals surface area contributed by atoms with Gasteiger partial charge in [0.05, 0.1) is 17.4 Å². The van der Waals surface area contributed by atoms with Crippen LogP contribution < -0.4 is 10.9 Å². The molecule has 1 aromatic heterocycles. The van der Waals surface area contributed by atoms with E-state index in [1.54, 1.807) is 18.2 Å². The Morgan fingerprint density at radius 2 is 1.71 bits per heavy atom. The maximum atomic E-state index is 13.3. The van der Waals surface area contributed by atoms with Crippen molar-refractivity contribution < 1.29 is 14.3 Å². The summed E-state index contributed by atoms with van der Waals surface area (Å²) in [5.74, 6) is -0.329. The van der Waals surface area contributed by atoms with Gasteiger partial charge in [0.1, 0.15) is 6.04 Å². The summed E-state index contributed by atoms with van der Waals surface area (Å²) in [7, 11) is 0. The third kappa shape index (κ3) is 5.66. The van der Waals surface area contributed by atoms with E-state index >= 15 is 0 Å². The molecule has 0 aliphatic heterocycles. The Morgan fingerprint density at radius 3 is 2.39 bits per heavy atom. The lowest BCUT2D eigenvalue weighted by atomic mass is 10.0. The van der Waals surface area contributed by atoms with E-state index in [1.807, 2.05) is 50.2 Å². The number of H-pyrrole nitrogens is 1. The number of aromatic nitrogens is 2. The Labute approximate surface area is 186 Å². The highest BCUT2D eigenvalue weighted by molar-refractivity contribution is 7.71. The van der Waals surface area contributed by atoms with Crippen molar-refractivity contribution >= 4 is 29.0 Å². The molecule has 31 heavy (non-hydrogen) atoms. The minimum atomic E-state index is -0.827. The average molecular weight is 442 g/mol. The van der Waals surface area contributed by atoms with Gasteiger partial charge in [-0.15, -0.1) is 0 Å². The Kier molecular flexibility index (Phi) is 8.11. The summed E-state index contributed by atoms with van der Waals surface area (Å²) in [6.45, 7) is 4.82. The van der Waals surface area contributed by atoms with Gasteiger partial charge in [-0.05, 0) is 43.8 Å². The molecular formula is C23H27N3O4S. The van der Waals surface area contributed by atoms with Crippen LogP contribution in [0.2, 0.25) is 0 Å². The third-order valence-electron chi connectivity index (χ3n) is 4.87. The van der Waals surface area contributed by atoms with E-state index in [1.165, 1.54) is 4.57 Å². The van der Waals surface area contributed by atoms with Gasteiger partial charge in [0.15, 0.2) is 11.1 Å². The van der Waals surface area contributed by atoms with Crippen molar-refractivity contribution in [2.24, 2.45) is 0 Å². The van der Waals surface area contributed by atoms with E-state index < -0.39 is 12.3 Å². The topological polar surface area (TPSA) is 85.4 Å². The normalized spacial score (nSPS) is 12.2. The van der Waals surface area contributed by atoms with Crippen molar-refractivity contribution in [1.29, 1.82) is 0 Å². The van der Waals surface area contributed by atoms with Crippen molar-refractivity contribution in [3.05, 3.63) is 75.3 Å². The largest absolute Gasteiger partial charge is 0.351 e. The molecule has 0 saturated heterocycles. The first-order valence-electron chi connectivity index (χ1n) is 10.3. The number of rotatable bonds is 10. The highest BCUT2D eigenvalue weighted by Gasteiger charge is 2.25.